The van der Waals surface area contributed by atoms with Crippen LogP contribution in [0.2, 0.25) is 0 Å². The molecule has 3 nitrogen and oxygen atoms in total. The third-order valence-electron chi connectivity index (χ3n) is 3.37. The number of hydrogen-bond donors (Lipinski definition) is 1. The van der Waals surface area contributed by atoms with Gasteiger partial charge in [-0.15, -0.1) is 0 Å². The smallest absolute Gasteiger partial charge is 0.340 e. The maximum Gasteiger partial charge on any atom is 0.340 e. The maximum absolute atomic E-state index is 12.0. The zero-order valence-corrected chi connectivity index (χ0v) is 11.0. The van der Waals surface area contributed by atoms with Gasteiger partial charge in [0.1, 0.15) is 0 Å². The van der Waals surface area contributed by atoms with Crippen LogP contribution in [-0.2, 0) is 4.74 Å². The average molecular weight is 253 g/mol. The molecule has 0 fully saturated rings. The first-order valence-electron chi connectivity index (χ1n) is 6.39. The highest BCUT2D eigenvalue weighted by Crippen LogP contribution is 2.29. The number of ether oxygens (including phenoxy) is 1. The number of fused-ring (bicyclic) bond motifs is 3. The number of carbonyl (C=O) groups excluding carboxylic acids is 1. The first-order chi connectivity index (χ1) is 9.22. The van der Waals surface area contributed by atoms with E-state index in [1.807, 2.05) is 25.1 Å². The standard InChI is InChI=1S/C16H15NO2/c1-3-19-16(18)13-9-5-8-12-11-7-4-6-10(2)14(11)17-15(12)13/h4-9,17H,3H2,1-2H3. The van der Waals surface area contributed by atoms with Crippen LogP contribution in [-0.4, -0.2) is 17.6 Å². The van der Waals surface area contributed by atoms with E-state index in [0.29, 0.717) is 12.2 Å². The lowest BCUT2D eigenvalue weighted by molar-refractivity contribution is 0.0528. The van der Waals surface area contributed by atoms with Crippen molar-refractivity contribution >= 4 is 27.8 Å². The molecule has 0 radical (unpaired) electrons. The maximum atomic E-state index is 12.0. The second kappa shape index (κ2) is 4.43. The fourth-order valence-corrected chi connectivity index (χ4v) is 2.47. The van der Waals surface area contributed by atoms with Gasteiger partial charge in [-0.2, -0.15) is 0 Å². The summed E-state index contributed by atoms with van der Waals surface area (Å²) < 4.78 is 5.10. The lowest BCUT2D eigenvalue weighted by atomic mass is 10.1. The molecular formula is C16H15NO2. The van der Waals surface area contributed by atoms with Gasteiger partial charge in [0.25, 0.3) is 0 Å². The lowest BCUT2D eigenvalue weighted by Gasteiger charge is -2.02. The molecule has 1 aromatic heterocycles. The third-order valence-corrected chi connectivity index (χ3v) is 3.37. The molecule has 1 heterocycles. The number of aromatic nitrogens is 1. The Kier molecular flexibility index (Phi) is 2.75. The molecule has 0 saturated heterocycles. The van der Waals surface area contributed by atoms with E-state index in [2.05, 4.69) is 24.0 Å². The number of esters is 1. The van der Waals surface area contributed by atoms with Crippen molar-refractivity contribution < 1.29 is 9.53 Å². The minimum Gasteiger partial charge on any atom is -0.462 e. The van der Waals surface area contributed by atoms with Crippen molar-refractivity contribution in [2.75, 3.05) is 6.61 Å². The summed E-state index contributed by atoms with van der Waals surface area (Å²) in [5.74, 6) is -0.280. The molecule has 0 spiro atoms. The van der Waals surface area contributed by atoms with Gasteiger partial charge in [0.05, 0.1) is 17.7 Å². The van der Waals surface area contributed by atoms with Gasteiger partial charge in [-0.05, 0) is 25.5 Å². The van der Waals surface area contributed by atoms with Crippen molar-refractivity contribution in [1.29, 1.82) is 0 Å². The van der Waals surface area contributed by atoms with Gasteiger partial charge >= 0.3 is 5.97 Å². The van der Waals surface area contributed by atoms with Crippen LogP contribution in [0.25, 0.3) is 21.8 Å². The number of nitrogens with one attached hydrogen (secondary N) is 1. The fraction of sp³-hybridized carbons (Fsp3) is 0.188. The summed E-state index contributed by atoms with van der Waals surface area (Å²) >= 11 is 0. The number of benzene rings is 2. The predicted octanol–water partition coefficient (Wildman–Crippen LogP) is 3.81. The van der Waals surface area contributed by atoms with Crippen LogP contribution >= 0.6 is 0 Å². The quantitative estimate of drug-likeness (QED) is 0.706. The predicted molar refractivity (Wildman–Crippen MR) is 76.5 cm³/mol. The van der Waals surface area contributed by atoms with Crippen LogP contribution in [0.5, 0.6) is 0 Å². The van der Waals surface area contributed by atoms with Crippen molar-refractivity contribution in [2.24, 2.45) is 0 Å². The zero-order chi connectivity index (χ0) is 13.4. The summed E-state index contributed by atoms with van der Waals surface area (Å²) in [5.41, 5.74) is 3.69. The molecule has 0 bridgehead atoms. The van der Waals surface area contributed by atoms with Gasteiger partial charge in [-0.1, -0.05) is 30.3 Å². The molecule has 1 N–H and O–H groups in total. The fourth-order valence-electron chi connectivity index (χ4n) is 2.47. The van der Waals surface area contributed by atoms with Gasteiger partial charge < -0.3 is 9.72 Å². The minimum absolute atomic E-state index is 0.280. The van der Waals surface area contributed by atoms with Crippen LogP contribution < -0.4 is 0 Å². The van der Waals surface area contributed by atoms with Crippen LogP contribution in [0.1, 0.15) is 22.8 Å². The Morgan fingerprint density at radius 1 is 1.11 bits per heavy atom. The van der Waals surface area contributed by atoms with Crippen molar-refractivity contribution in [1.82, 2.24) is 4.98 Å². The Hall–Kier alpha value is -2.29. The van der Waals surface area contributed by atoms with E-state index in [4.69, 9.17) is 4.74 Å². The first-order valence-corrected chi connectivity index (χ1v) is 6.39. The van der Waals surface area contributed by atoms with E-state index in [1.165, 1.54) is 5.56 Å². The molecule has 0 saturated carbocycles. The average Bonchev–Trinajstić information content (AvgIpc) is 2.79. The van der Waals surface area contributed by atoms with Crippen LogP contribution in [0, 0.1) is 6.92 Å². The summed E-state index contributed by atoms with van der Waals surface area (Å²) in [7, 11) is 0. The van der Waals surface area contributed by atoms with Gasteiger partial charge in [-0.3, -0.25) is 0 Å². The van der Waals surface area contributed by atoms with Crippen molar-refractivity contribution in [3.63, 3.8) is 0 Å². The number of rotatable bonds is 2. The van der Waals surface area contributed by atoms with E-state index in [-0.39, 0.29) is 5.97 Å². The molecule has 0 aliphatic heterocycles. The van der Waals surface area contributed by atoms with E-state index in [0.717, 1.165) is 21.8 Å². The summed E-state index contributed by atoms with van der Waals surface area (Å²) in [6.45, 7) is 4.25. The molecule has 3 heteroatoms. The molecule has 2 aromatic carbocycles. The van der Waals surface area contributed by atoms with Crippen LogP contribution in [0.3, 0.4) is 0 Å². The monoisotopic (exact) mass is 253 g/mol. The van der Waals surface area contributed by atoms with E-state index < -0.39 is 0 Å². The Morgan fingerprint density at radius 3 is 2.53 bits per heavy atom. The highest BCUT2D eigenvalue weighted by Gasteiger charge is 2.14. The SMILES string of the molecule is CCOC(=O)c1cccc2c1[nH]c1c(C)cccc12. The summed E-state index contributed by atoms with van der Waals surface area (Å²) in [4.78, 5) is 15.3. The number of aromatic amines is 1. The molecule has 19 heavy (non-hydrogen) atoms. The Bertz CT molecular complexity index is 771. The number of para-hydroxylation sites is 2. The summed E-state index contributed by atoms with van der Waals surface area (Å²) in [6, 6.07) is 11.9. The van der Waals surface area contributed by atoms with Crippen molar-refractivity contribution in [2.45, 2.75) is 13.8 Å². The number of aryl methyl sites for hydroxylation is 1. The van der Waals surface area contributed by atoms with Crippen LogP contribution in [0.15, 0.2) is 36.4 Å². The van der Waals surface area contributed by atoms with Gasteiger partial charge in [-0.25, -0.2) is 4.79 Å². The Morgan fingerprint density at radius 2 is 1.79 bits per heavy atom. The molecule has 0 amide bonds. The zero-order valence-electron chi connectivity index (χ0n) is 11.0. The second-order valence-corrected chi connectivity index (χ2v) is 4.57. The van der Waals surface area contributed by atoms with Crippen LogP contribution in [0.4, 0.5) is 0 Å². The Balaban J connectivity index is 2.34. The summed E-state index contributed by atoms with van der Waals surface area (Å²) in [5, 5.41) is 2.20. The van der Waals surface area contributed by atoms with E-state index in [1.54, 1.807) is 6.07 Å². The van der Waals surface area contributed by atoms with E-state index in [9.17, 15) is 4.79 Å². The van der Waals surface area contributed by atoms with E-state index >= 15 is 0 Å². The number of H-pyrrole nitrogens is 1. The topological polar surface area (TPSA) is 42.1 Å². The molecular weight excluding hydrogens is 238 g/mol. The molecule has 96 valence electrons. The minimum atomic E-state index is -0.280. The molecule has 3 aromatic rings. The van der Waals surface area contributed by atoms with Gasteiger partial charge in [0.2, 0.25) is 0 Å². The largest absolute Gasteiger partial charge is 0.462 e. The molecule has 0 aliphatic carbocycles. The summed E-state index contributed by atoms with van der Waals surface area (Å²) in [6.07, 6.45) is 0. The normalized spacial score (nSPS) is 11.1. The van der Waals surface area contributed by atoms with Crippen molar-refractivity contribution in [3.05, 3.63) is 47.5 Å². The highest BCUT2D eigenvalue weighted by atomic mass is 16.5. The molecule has 3 rings (SSSR count). The molecule has 0 unspecified atom stereocenters. The highest BCUT2D eigenvalue weighted by molar-refractivity contribution is 6.14. The first kappa shape index (κ1) is 11.8. The number of hydrogen-bond acceptors (Lipinski definition) is 2. The molecule has 0 aliphatic rings. The van der Waals surface area contributed by atoms with Crippen molar-refractivity contribution in [3.8, 4) is 0 Å². The third kappa shape index (κ3) is 1.78. The van der Waals surface area contributed by atoms with Gasteiger partial charge in [0.15, 0.2) is 0 Å². The number of carbonyl (C=O) groups is 1. The van der Waals surface area contributed by atoms with Gasteiger partial charge in [0, 0.05) is 16.3 Å². The second-order valence-electron chi connectivity index (χ2n) is 4.57. The lowest BCUT2D eigenvalue weighted by Crippen LogP contribution is -2.05. The Labute approximate surface area is 111 Å². The molecule has 0 atom stereocenters.